The van der Waals surface area contributed by atoms with Gasteiger partial charge in [0.1, 0.15) is 23.6 Å². The van der Waals surface area contributed by atoms with Crippen molar-refractivity contribution in [1.82, 2.24) is 24.3 Å². The molecule has 3 heterocycles. The Bertz CT molecular complexity index is 1530. The van der Waals surface area contributed by atoms with Crippen LogP contribution >= 0.6 is 11.6 Å². The van der Waals surface area contributed by atoms with Gasteiger partial charge in [-0.15, -0.1) is 0 Å². The Kier molecular flexibility index (Phi) is 9.32. The molecule has 1 saturated carbocycles. The molecule has 1 aliphatic carbocycles. The second kappa shape index (κ2) is 12.9. The Morgan fingerprint density at radius 3 is 2.29 bits per heavy atom. The molecule has 1 unspecified atom stereocenters. The number of nitrogen functional groups attached to an aromatic ring is 1. The van der Waals surface area contributed by atoms with Crippen molar-refractivity contribution in [2.24, 2.45) is 5.14 Å². The third-order valence-electron chi connectivity index (χ3n) is 8.20. The van der Waals surface area contributed by atoms with E-state index in [9.17, 15) is 0 Å². The van der Waals surface area contributed by atoms with E-state index in [1.165, 1.54) is 19.2 Å². The molecule has 1 atom stereocenters. The largest absolute Gasteiger partial charge is 0.760 e. The van der Waals surface area contributed by atoms with Gasteiger partial charge in [0.25, 0.3) is 0 Å². The summed E-state index contributed by atoms with van der Waals surface area (Å²) in [5.41, 5.74) is 9.95. The summed E-state index contributed by atoms with van der Waals surface area (Å²) in [6.45, 7) is 4.60. The standard InChI is InChI=1S/C29H32ClFN6.H3NO2S/c1-35-12-14-36(15-13-35)20-7-9-21(10-8-20)37-17-24(27-28(32)33-18-34-29(27)37)19-6-11-23(26(31)16-19)22-4-2-3-5-25(22)30;1-4(2)3/h2-6,11,16-18,20-21H,7-10,12-15H2,1H3,(H2,32,33,34);1H2,(H,2,3)/p-1. The Labute approximate surface area is 246 Å². The van der Waals surface area contributed by atoms with Gasteiger partial charge < -0.3 is 19.8 Å². The quantitative estimate of drug-likeness (QED) is 0.328. The molecule has 0 bridgehead atoms. The van der Waals surface area contributed by atoms with Crippen molar-refractivity contribution in [3.05, 3.63) is 65.8 Å². The topological polar surface area (TPSA) is 129 Å². The molecule has 2 aromatic carbocycles. The van der Waals surface area contributed by atoms with Crippen LogP contribution in [0.5, 0.6) is 0 Å². The molecule has 12 heteroatoms. The maximum atomic E-state index is 15.4. The highest BCUT2D eigenvalue weighted by molar-refractivity contribution is 7.76. The highest BCUT2D eigenvalue weighted by Crippen LogP contribution is 2.40. The number of anilines is 1. The summed E-state index contributed by atoms with van der Waals surface area (Å²) in [6, 6.07) is 13.6. The molecule has 6 rings (SSSR count). The number of hydrogen-bond acceptors (Lipinski definition) is 7. The van der Waals surface area contributed by atoms with Gasteiger partial charge in [-0.3, -0.25) is 14.2 Å². The number of rotatable bonds is 4. The molecule has 218 valence electrons. The van der Waals surface area contributed by atoms with E-state index in [1.54, 1.807) is 18.2 Å². The van der Waals surface area contributed by atoms with Crippen LogP contribution < -0.4 is 10.9 Å². The number of halogens is 2. The lowest BCUT2D eigenvalue weighted by Gasteiger charge is -2.41. The highest BCUT2D eigenvalue weighted by Gasteiger charge is 2.30. The highest BCUT2D eigenvalue weighted by atomic mass is 35.5. The number of piperazine rings is 1. The Hall–Kier alpha value is -2.93. The number of likely N-dealkylation sites (N-methyl/N-ethyl adjacent to an activating group) is 1. The summed E-state index contributed by atoms with van der Waals surface area (Å²) < 4.78 is 35.2. The zero-order chi connectivity index (χ0) is 29.1. The number of hydrogen-bond donors (Lipinski definition) is 2. The maximum absolute atomic E-state index is 15.4. The van der Waals surface area contributed by atoms with Gasteiger partial charge >= 0.3 is 0 Å². The first kappa shape index (κ1) is 29.6. The van der Waals surface area contributed by atoms with E-state index >= 15 is 4.39 Å². The molecule has 41 heavy (non-hydrogen) atoms. The predicted molar refractivity (Wildman–Crippen MR) is 161 cm³/mol. The number of nitrogens with zero attached hydrogens (tertiary/aromatic N) is 5. The van der Waals surface area contributed by atoms with Crippen molar-refractivity contribution < 1.29 is 13.2 Å². The molecular formula is C29H34ClFN7O2S-. The molecule has 2 aromatic heterocycles. The fourth-order valence-corrected chi connectivity index (χ4v) is 6.31. The first-order chi connectivity index (χ1) is 19.7. The van der Waals surface area contributed by atoms with Gasteiger partial charge in [0.2, 0.25) is 0 Å². The van der Waals surface area contributed by atoms with Crippen LogP contribution in [0.25, 0.3) is 33.3 Å². The van der Waals surface area contributed by atoms with Crippen LogP contribution in [-0.4, -0.2) is 72.4 Å². The van der Waals surface area contributed by atoms with Gasteiger partial charge in [0.05, 0.1) is 5.39 Å². The summed E-state index contributed by atoms with van der Waals surface area (Å²) in [6.07, 6.45) is 8.14. The van der Waals surface area contributed by atoms with E-state index < -0.39 is 11.3 Å². The van der Waals surface area contributed by atoms with E-state index in [0.29, 0.717) is 34.1 Å². The Morgan fingerprint density at radius 1 is 0.976 bits per heavy atom. The van der Waals surface area contributed by atoms with Crippen molar-refractivity contribution in [3.8, 4) is 22.3 Å². The third kappa shape index (κ3) is 6.61. The molecule has 4 N–H and O–H groups in total. The molecule has 1 aliphatic heterocycles. The van der Waals surface area contributed by atoms with Gasteiger partial charge in [-0.25, -0.2) is 14.4 Å². The molecule has 0 spiro atoms. The van der Waals surface area contributed by atoms with Crippen molar-refractivity contribution in [1.29, 1.82) is 0 Å². The minimum Gasteiger partial charge on any atom is -0.760 e. The number of benzene rings is 2. The molecule has 0 radical (unpaired) electrons. The van der Waals surface area contributed by atoms with Gasteiger partial charge in [-0.05, 0) is 50.4 Å². The number of aromatic nitrogens is 3. The van der Waals surface area contributed by atoms with Crippen LogP contribution in [0.1, 0.15) is 31.7 Å². The second-order valence-corrected chi connectivity index (χ2v) is 11.6. The third-order valence-corrected chi connectivity index (χ3v) is 8.53. The van der Waals surface area contributed by atoms with Crippen LogP contribution in [0.3, 0.4) is 0 Å². The first-order valence-corrected chi connectivity index (χ1v) is 15.2. The summed E-state index contributed by atoms with van der Waals surface area (Å²) >= 11 is 3.97. The van der Waals surface area contributed by atoms with Crippen LogP contribution in [0.15, 0.2) is 55.0 Å². The van der Waals surface area contributed by atoms with Crippen LogP contribution in [0.2, 0.25) is 5.02 Å². The molecule has 2 aliphatic rings. The van der Waals surface area contributed by atoms with E-state index in [2.05, 4.69) is 42.7 Å². The minimum absolute atomic E-state index is 0.324. The maximum Gasteiger partial charge on any atom is 0.146 e. The smallest absolute Gasteiger partial charge is 0.146 e. The average Bonchev–Trinajstić information content (AvgIpc) is 3.35. The summed E-state index contributed by atoms with van der Waals surface area (Å²) in [7, 11) is 2.20. The molecule has 2 fully saturated rings. The van der Waals surface area contributed by atoms with Crippen LogP contribution in [0.4, 0.5) is 10.2 Å². The van der Waals surface area contributed by atoms with Crippen LogP contribution in [0, 0.1) is 5.82 Å². The zero-order valence-corrected chi connectivity index (χ0v) is 24.5. The fraction of sp³-hybridized carbons (Fsp3) is 0.379. The van der Waals surface area contributed by atoms with Gasteiger partial charge in [0, 0.05) is 77.4 Å². The van der Waals surface area contributed by atoms with Crippen LogP contribution in [-0.2, 0) is 11.3 Å². The molecule has 9 nitrogen and oxygen atoms in total. The normalized spacial score (nSPS) is 20.9. The van der Waals surface area contributed by atoms with Gasteiger partial charge in [-0.2, -0.15) is 0 Å². The molecular weight excluding hydrogens is 565 g/mol. The van der Waals surface area contributed by atoms with Crippen molar-refractivity contribution >= 4 is 39.7 Å². The number of nitrogens with two attached hydrogens (primary N) is 2. The SMILES string of the molecule is CN1CCN(C2CCC(n3cc(-c4ccc(-c5ccccc5Cl)c(F)c4)c4c(N)ncnc43)CC2)CC1.NS(=O)[O-]. The van der Waals surface area contributed by atoms with E-state index in [4.69, 9.17) is 26.1 Å². The van der Waals surface area contributed by atoms with Crippen molar-refractivity contribution in [2.75, 3.05) is 39.0 Å². The van der Waals surface area contributed by atoms with Crippen molar-refractivity contribution in [3.63, 3.8) is 0 Å². The molecule has 1 saturated heterocycles. The lowest BCUT2D eigenvalue weighted by molar-refractivity contribution is 0.0828. The van der Waals surface area contributed by atoms with Crippen molar-refractivity contribution in [2.45, 2.75) is 37.8 Å². The minimum atomic E-state index is -2.36. The van der Waals surface area contributed by atoms with E-state index in [0.717, 1.165) is 61.2 Å². The zero-order valence-electron chi connectivity index (χ0n) is 22.9. The summed E-state index contributed by atoms with van der Waals surface area (Å²) in [5, 5.41) is 5.34. The van der Waals surface area contributed by atoms with Gasteiger partial charge in [-0.1, -0.05) is 41.9 Å². The summed E-state index contributed by atoms with van der Waals surface area (Å²) in [4.78, 5) is 14.0. The molecule has 4 aromatic rings. The number of fused-ring (bicyclic) bond motifs is 1. The second-order valence-electron chi connectivity index (χ2n) is 10.6. The lowest BCUT2D eigenvalue weighted by Crippen LogP contribution is -2.49. The van der Waals surface area contributed by atoms with E-state index in [-0.39, 0.29) is 5.82 Å². The Balaban J connectivity index is 0.000000794. The Morgan fingerprint density at radius 2 is 1.63 bits per heavy atom. The monoisotopic (exact) mass is 598 g/mol. The fourth-order valence-electron chi connectivity index (χ4n) is 6.07. The van der Waals surface area contributed by atoms with Gasteiger partial charge in [0.15, 0.2) is 0 Å². The average molecular weight is 599 g/mol. The lowest BCUT2D eigenvalue weighted by atomic mass is 9.89. The first-order valence-electron chi connectivity index (χ1n) is 13.6. The molecule has 0 amide bonds. The summed E-state index contributed by atoms with van der Waals surface area (Å²) in [5.74, 6) is 0.0927. The van der Waals surface area contributed by atoms with E-state index in [1.807, 2.05) is 24.3 Å². The predicted octanol–water partition coefficient (Wildman–Crippen LogP) is 4.61.